The zero-order valence-electron chi connectivity index (χ0n) is 10.0. The fraction of sp³-hybridized carbons (Fsp3) is 0. The van der Waals surface area contributed by atoms with Crippen molar-refractivity contribution >= 4 is 17.2 Å². The van der Waals surface area contributed by atoms with Crippen molar-refractivity contribution in [1.82, 2.24) is 4.98 Å². The average Bonchev–Trinajstić information content (AvgIpc) is 2.46. The summed E-state index contributed by atoms with van der Waals surface area (Å²) in [5, 5.41) is 1.04. The summed E-state index contributed by atoms with van der Waals surface area (Å²) < 4.78 is 13.6. The van der Waals surface area contributed by atoms with Crippen molar-refractivity contribution < 1.29 is 9.18 Å². The first kappa shape index (κ1) is 11.5. The molecule has 1 aromatic heterocycles. The first-order valence-electron chi connectivity index (χ1n) is 5.89. The van der Waals surface area contributed by atoms with Gasteiger partial charge in [0, 0.05) is 10.9 Å². The highest BCUT2D eigenvalue weighted by atomic mass is 19.1. The Morgan fingerprint density at radius 3 is 2.63 bits per heavy atom. The molecule has 0 saturated heterocycles. The van der Waals surface area contributed by atoms with Crippen molar-refractivity contribution in [3.8, 4) is 11.3 Å². The maximum atomic E-state index is 13.6. The van der Waals surface area contributed by atoms with E-state index in [1.54, 1.807) is 6.07 Å². The smallest absolute Gasteiger partial charge is 0.152 e. The van der Waals surface area contributed by atoms with Gasteiger partial charge in [0.1, 0.15) is 5.82 Å². The number of halogens is 1. The highest BCUT2D eigenvalue weighted by molar-refractivity contribution is 5.82. The van der Waals surface area contributed by atoms with Gasteiger partial charge < -0.3 is 0 Å². The van der Waals surface area contributed by atoms with Crippen LogP contribution in [0.15, 0.2) is 54.6 Å². The quantitative estimate of drug-likeness (QED) is 0.647. The molecule has 3 rings (SSSR count). The summed E-state index contributed by atoms with van der Waals surface area (Å²) in [6.07, 6.45) is 0.507. The average molecular weight is 251 g/mol. The lowest BCUT2D eigenvalue weighted by Gasteiger charge is -2.04. The van der Waals surface area contributed by atoms with Crippen molar-refractivity contribution in [1.29, 1.82) is 0 Å². The Labute approximate surface area is 109 Å². The third kappa shape index (κ3) is 2.10. The van der Waals surface area contributed by atoms with Crippen LogP contribution in [-0.2, 0) is 0 Å². The molecule has 92 valence electrons. The van der Waals surface area contributed by atoms with Crippen molar-refractivity contribution in [3.63, 3.8) is 0 Å². The minimum Gasteiger partial charge on any atom is -0.298 e. The van der Waals surface area contributed by atoms with Crippen LogP contribution in [0, 0.1) is 5.82 Å². The van der Waals surface area contributed by atoms with Crippen LogP contribution in [0.5, 0.6) is 0 Å². The minimum absolute atomic E-state index is 0.0598. The number of hydrogen-bond donors (Lipinski definition) is 0. The van der Waals surface area contributed by atoms with Gasteiger partial charge in [-0.3, -0.25) is 4.79 Å². The molecule has 0 unspecified atom stereocenters. The third-order valence-corrected chi connectivity index (χ3v) is 3.02. The van der Waals surface area contributed by atoms with Crippen LogP contribution < -0.4 is 0 Å². The molecule has 0 saturated carbocycles. The minimum atomic E-state index is -0.526. The Morgan fingerprint density at radius 2 is 1.84 bits per heavy atom. The third-order valence-electron chi connectivity index (χ3n) is 3.02. The zero-order chi connectivity index (χ0) is 13.2. The normalized spacial score (nSPS) is 10.6. The number of benzene rings is 2. The maximum Gasteiger partial charge on any atom is 0.152 e. The highest BCUT2D eigenvalue weighted by Gasteiger charge is 2.06. The van der Waals surface area contributed by atoms with Gasteiger partial charge in [-0.15, -0.1) is 0 Å². The van der Waals surface area contributed by atoms with Gasteiger partial charge >= 0.3 is 0 Å². The number of aromatic nitrogens is 1. The van der Waals surface area contributed by atoms with Crippen LogP contribution >= 0.6 is 0 Å². The van der Waals surface area contributed by atoms with Gasteiger partial charge in [0.25, 0.3) is 0 Å². The largest absolute Gasteiger partial charge is 0.298 e. The van der Waals surface area contributed by atoms with Crippen LogP contribution in [0.4, 0.5) is 4.39 Å². The molecule has 0 amide bonds. The first-order chi connectivity index (χ1) is 9.28. The number of pyridine rings is 1. The Kier molecular flexibility index (Phi) is 2.80. The lowest BCUT2D eigenvalue weighted by Crippen LogP contribution is -1.90. The zero-order valence-corrected chi connectivity index (χ0v) is 10.0. The Balaban J connectivity index is 2.13. The molecule has 0 bridgehead atoms. The summed E-state index contributed by atoms with van der Waals surface area (Å²) in [5.74, 6) is -0.526. The van der Waals surface area contributed by atoms with E-state index in [4.69, 9.17) is 0 Å². The number of para-hydroxylation sites is 1. The van der Waals surface area contributed by atoms with Crippen molar-refractivity contribution in [2.75, 3.05) is 0 Å². The lowest BCUT2D eigenvalue weighted by molar-refractivity contribution is 0.112. The number of aldehydes is 1. The standard InChI is InChI=1S/C16H10FNO/c17-14-9-12(5-6-13(14)10-19)16-8-7-11-3-1-2-4-15(11)18-16/h1-10H. The first-order valence-corrected chi connectivity index (χ1v) is 5.89. The molecule has 0 radical (unpaired) electrons. The molecule has 0 aliphatic heterocycles. The van der Waals surface area contributed by atoms with E-state index in [9.17, 15) is 9.18 Å². The number of carbonyl (C=O) groups excluding carboxylic acids is 1. The molecular formula is C16H10FNO. The summed E-state index contributed by atoms with van der Waals surface area (Å²) in [5.41, 5.74) is 2.27. The van der Waals surface area contributed by atoms with Crippen LogP contribution in [0.1, 0.15) is 10.4 Å². The van der Waals surface area contributed by atoms with Crippen LogP contribution in [0.25, 0.3) is 22.2 Å². The number of rotatable bonds is 2. The molecule has 1 heterocycles. The fourth-order valence-electron chi connectivity index (χ4n) is 2.01. The second-order valence-corrected chi connectivity index (χ2v) is 4.24. The predicted molar refractivity (Wildman–Crippen MR) is 72.5 cm³/mol. The second kappa shape index (κ2) is 4.61. The van der Waals surface area contributed by atoms with Gasteiger partial charge in [-0.2, -0.15) is 0 Å². The van der Waals surface area contributed by atoms with Gasteiger partial charge in [0.15, 0.2) is 6.29 Å². The molecule has 19 heavy (non-hydrogen) atoms. The van der Waals surface area contributed by atoms with E-state index in [0.717, 1.165) is 10.9 Å². The molecule has 0 atom stereocenters. The molecule has 0 N–H and O–H groups in total. The van der Waals surface area contributed by atoms with Gasteiger partial charge in [-0.05, 0) is 24.3 Å². The van der Waals surface area contributed by atoms with E-state index in [1.165, 1.54) is 12.1 Å². The Hall–Kier alpha value is -2.55. The summed E-state index contributed by atoms with van der Waals surface area (Å²) >= 11 is 0. The molecule has 2 aromatic carbocycles. The second-order valence-electron chi connectivity index (χ2n) is 4.24. The molecule has 0 aliphatic carbocycles. The molecule has 0 aliphatic rings. The summed E-state index contributed by atoms with van der Waals surface area (Å²) in [6.45, 7) is 0. The molecule has 2 nitrogen and oxygen atoms in total. The highest BCUT2D eigenvalue weighted by Crippen LogP contribution is 2.22. The van der Waals surface area contributed by atoms with E-state index in [2.05, 4.69) is 4.98 Å². The molecular weight excluding hydrogens is 241 g/mol. The predicted octanol–water partition coefficient (Wildman–Crippen LogP) is 3.85. The monoisotopic (exact) mass is 251 g/mol. The van der Waals surface area contributed by atoms with Crippen LogP contribution in [0.2, 0.25) is 0 Å². The van der Waals surface area contributed by atoms with Gasteiger partial charge in [-0.1, -0.05) is 30.3 Å². The van der Waals surface area contributed by atoms with E-state index >= 15 is 0 Å². The number of hydrogen-bond acceptors (Lipinski definition) is 2. The van der Waals surface area contributed by atoms with Gasteiger partial charge in [0.2, 0.25) is 0 Å². The number of fused-ring (bicyclic) bond motifs is 1. The topological polar surface area (TPSA) is 30.0 Å². The maximum absolute atomic E-state index is 13.6. The summed E-state index contributed by atoms with van der Waals surface area (Å²) in [6, 6.07) is 16.0. The van der Waals surface area contributed by atoms with E-state index in [1.807, 2.05) is 36.4 Å². The number of nitrogens with zero attached hydrogens (tertiary/aromatic N) is 1. The van der Waals surface area contributed by atoms with Crippen molar-refractivity contribution in [3.05, 3.63) is 66.0 Å². The molecule has 3 heteroatoms. The van der Waals surface area contributed by atoms with E-state index in [0.29, 0.717) is 17.5 Å². The van der Waals surface area contributed by atoms with Crippen molar-refractivity contribution in [2.24, 2.45) is 0 Å². The molecule has 0 spiro atoms. The van der Waals surface area contributed by atoms with Crippen LogP contribution in [-0.4, -0.2) is 11.3 Å². The van der Waals surface area contributed by atoms with Crippen LogP contribution in [0.3, 0.4) is 0 Å². The Bertz CT molecular complexity index is 768. The summed E-state index contributed by atoms with van der Waals surface area (Å²) in [7, 11) is 0. The summed E-state index contributed by atoms with van der Waals surface area (Å²) in [4.78, 5) is 15.1. The molecule has 3 aromatic rings. The van der Waals surface area contributed by atoms with E-state index < -0.39 is 5.82 Å². The van der Waals surface area contributed by atoms with E-state index in [-0.39, 0.29) is 5.56 Å². The molecule has 0 fully saturated rings. The van der Waals surface area contributed by atoms with Gasteiger partial charge in [0.05, 0.1) is 16.8 Å². The van der Waals surface area contributed by atoms with Gasteiger partial charge in [-0.25, -0.2) is 9.37 Å². The number of carbonyl (C=O) groups is 1. The van der Waals surface area contributed by atoms with Crippen molar-refractivity contribution in [2.45, 2.75) is 0 Å². The Morgan fingerprint density at radius 1 is 1.00 bits per heavy atom. The fourth-order valence-corrected chi connectivity index (χ4v) is 2.01. The SMILES string of the molecule is O=Cc1ccc(-c2ccc3ccccc3n2)cc1F. The lowest BCUT2D eigenvalue weighted by atomic mass is 10.1.